The maximum atomic E-state index is 11.9. The van der Waals surface area contributed by atoms with E-state index in [1.165, 1.54) is 17.0 Å². The number of hydrogen-bond acceptors (Lipinski definition) is 5. The summed E-state index contributed by atoms with van der Waals surface area (Å²) in [5.41, 5.74) is 1.24. The number of piperazine rings is 1. The Bertz CT molecular complexity index is 635. The molecule has 1 aromatic heterocycles. The van der Waals surface area contributed by atoms with E-state index in [1.54, 1.807) is 7.11 Å². The first-order chi connectivity index (χ1) is 11.8. The number of amides is 1. The first-order valence-corrected chi connectivity index (χ1v) is 9.07. The predicted octanol–water partition coefficient (Wildman–Crippen LogP) is 2.31. The van der Waals surface area contributed by atoms with Crippen molar-refractivity contribution < 1.29 is 9.53 Å². The van der Waals surface area contributed by atoms with Crippen LogP contribution in [0.25, 0.3) is 0 Å². The molecule has 0 unspecified atom stereocenters. The smallest absolute Gasteiger partial charge is 0.261 e. The van der Waals surface area contributed by atoms with Crippen molar-refractivity contribution in [2.45, 2.75) is 0 Å². The van der Waals surface area contributed by atoms with E-state index in [-0.39, 0.29) is 5.91 Å². The number of methoxy groups -OCH3 is 1. The minimum atomic E-state index is 0.0295. The van der Waals surface area contributed by atoms with Crippen molar-refractivity contribution >= 4 is 22.9 Å². The van der Waals surface area contributed by atoms with E-state index >= 15 is 0 Å². The Morgan fingerprint density at radius 2 is 1.92 bits per heavy atom. The van der Waals surface area contributed by atoms with Crippen molar-refractivity contribution in [1.29, 1.82) is 0 Å². The number of nitrogens with one attached hydrogen (secondary N) is 1. The van der Waals surface area contributed by atoms with Gasteiger partial charge in [0.05, 0.1) is 12.0 Å². The van der Waals surface area contributed by atoms with Crippen LogP contribution in [0.5, 0.6) is 5.75 Å². The minimum absolute atomic E-state index is 0.0295. The van der Waals surface area contributed by atoms with Gasteiger partial charge in [-0.05, 0) is 35.7 Å². The first kappa shape index (κ1) is 16.8. The molecule has 5 nitrogen and oxygen atoms in total. The molecular formula is C18H23N3O2S. The lowest BCUT2D eigenvalue weighted by Gasteiger charge is -2.36. The van der Waals surface area contributed by atoms with Gasteiger partial charge in [0.15, 0.2) is 0 Å². The lowest BCUT2D eigenvalue weighted by atomic mass is 10.2. The van der Waals surface area contributed by atoms with Crippen LogP contribution in [0.3, 0.4) is 0 Å². The van der Waals surface area contributed by atoms with Gasteiger partial charge >= 0.3 is 0 Å². The fraction of sp³-hybridized carbons (Fsp3) is 0.389. The second-order valence-electron chi connectivity index (χ2n) is 5.76. The molecule has 0 atom stereocenters. The molecular weight excluding hydrogens is 322 g/mol. The molecule has 1 aromatic carbocycles. The van der Waals surface area contributed by atoms with Gasteiger partial charge in [0.2, 0.25) is 0 Å². The SMILES string of the molecule is COc1ccc(N2CCN(CCNC(=O)c3cccs3)CC2)cc1. The zero-order valence-corrected chi connectivity index (χ0v) is 14.7. The van der Waals surface area contributed by atoms with Crippen LogP contribution in [-0.2, 0) is 0 Å². The van der Waals surface area contributed by atoms with Crippen LogP contribution < -0.4 is 15.0 Å². The van der Waals surface area contributed by atoms with Gasteiger partial charge in [0.25, 0.3) is 5.91 Å². The Morgan fingerprint density at radius 1 is 1.17 bits per heavy atom. The molecule has 2 heterocycles. The Kier molecular flexibility index (Phi) is 5.72. The maximum Gasteiger partial charge on any atom is 0.261 e. The van der Waals surface area contributed by atoms with E-state index in [2.05, 4.69) is 27.2 Å². The molecule has 6 heteroatoms. The molecule has 0 bridgehead atoms. The number of nitrogens with zero attached hydrogens (tertiary/aromatic N) is 2. The summed E-state index contributed by atoms with van der Waals surface area (Å²) >= 11 is 1.48. The number of hydrogen-bond donors (Lipinski definition) is 1. The normalized spacial score (nSPS) is 15.3. The zero-order valence-electron chi connectivity index (χ0n) is 13.9. The van der Waals surface area contributed by atoms with Gasteiger partial charge in [-0.15, -0.1) is 11.3 Å². The van der Waals surface area contributed by atoms with Crippen LogP contribution >= 0.6 is 11.3 Å². The van der Waals surface area contributed by atoms with Gasteiger partial charge in [0, 0.05) is 45.0 Å². The van der Waals surface area contributed by atoms with E-state index < -0.39 is 0 Å². The van der Waals surface area contributed by atoms with Crippen LogP contribution in [0.2, 0.25) is 0 Å². The van der Waals surface area contributed by atoms with Crippen LogP contribution in [0.15, 0.2) is 41.8 Å². The third-order valence-corrected chi connectivity index (χ3v) is 5.14. The van der Waals surface area contributed by atoms with Crippen molar-refractivity contribution in [2.75, 3.05) is 51.3 Å². The number of benzene rings is 1. The maximum absolute atomic E-state index is 11.9. The van der Waals surface area contributed by atoms with E-state index in [0.29, 0.717) is 6.54 Å². The van der Waals surface area contributed by atoms with Crippen molar-refractivity contribution in [3.8, 4) is 5.75 Å². The van der Waals surface area contributed by atoms with Crippen molar-refractivity contribution in [3.63, 3.8) is 0 Å². The first-order valence-electron chi connectivity index (χ1n) is 8.19. The van der Waals surface area contributed by atoms with Gasteiger partial charge in [-0.3, -0.25) is 9.69 Å². The third-order valence-electron chi connectivity index (χ3n) is 4.27. The number of thiophene rings is 1. The average Bonchev–Trinajstić information content (AvgIpc) is 3.17. The summed E-state index contributed by atoms with van der Waals surface area (Å²) in [6, 6.07) is 12.0. The van der Waals surface area contributed by atoms with Gasteiger partial charge < -0.3 is 15.0 Å². The minimum Gasteiger partial charge on any atom is -0.497 e. The monoisotopic (exact) mass is 345 g/mol. The molecule has 0 spiro atoms. The number of carbonyl (C=O) groups excluding carboxylic acids is 1. The Labute approximate surface area is 146 Å². The van der Waals surface area contributed by atoms with Gasteiger partial charge in [-0.25, -0.2) is 0 Å². The number of carbonyl (C=O) groups is 1. The summed E-state index contributed by atoms with van der Waals surface area (Å²) in [6.45, 7) is 5.63. The second kappa shape index (κ2) is 8.17. The zero-order chi connectivity index (χ0) is 16.8. The summed E-state index contributed by atoms with van der Waals surface area (Å²) in [4.78, 5) is 17.5. The fourth-order valence-corrected chi connectivity index (χ4v) is 3.49. The highest BCUT2D eigenvalue weighted by Crippen LogP contribution is 2.20. The molecule has 3 rings (SSSR count). The summed E-state index contributed by atoms with van der Waals surface area (Å²) in [5.74, 6) is 0.917. The molecule has 1 saturated heterocycles. The Morgan fingerprint density at radius 3 is 2.54 bits per heavy atom. The van der Waals surface area contributed by atoms with Crippen LogP contribution in [0.4, 0.5) is 5.69 Å². The quantitative estimate of drug-likeness (QED) is 0.873. The molecule has 0 radical (unpaired) electrons. The van der Waals surface area contributed by atoms with E-state index in [0.717, 1.165) is 43.4 Å². The molecule has 0 aliphatic carbocycles. The van der Waals surface area contributed by atoms with Crippen molar-refractivity contribution in [1.82, 2.24) is 10.2 Å². The van der Waals surface area contributed by atoms with Crippen LogP contribution in [-0.4, -0.2) is 57.2 Å². The van der Waals surface area contributed by atoms with Crippen molar-refractivity contribution in [2.24, 2.45) is 0 Å². The number of ether oxygens (including phenoxy) is 1. The molecule has 1 aliphatic heterocycles. The summed E-state index contributed by atoms with van der Waals surface area (Å²) in [7, 11) is 1.69. The van der Waals surface area contributed by atoms with E-state index in [9.17, 15) is 4.79 Å². The molecule has 128 valence electrons. The fourth-order valence-electron chi connectivity index (χ4n) is 2.85. The summed E-state index contributed by atoms with van der Waals surface area (Å²) in [6.07, 6.45) is 0. The summed E-state index contributed by atoms with van der Waals surface area (Å²) < 4.78 is 5.20. The molecule has 1 aliphatic rings. The molecule has 1 fully saturated rings. The lowest BCUT2D eigenvalue weighted by Crippen LogP contribution is -2.48. The molecule has 1 amide bonds. The summed E-state index contributed by atoms with van der Waals surface area (Å²) in [5, 5.41) is 4.91. The molecule has 24 heavy (non-hydrogen) atoms. The third kappa shape index (κ3) is 4.27. The second-order valence-corrected chi connectivity index (χ2v) is 6.71. The molecule has 1 N–H and O–H groups in total. The Balaban J connectivity index is 1.39. The van der Waals surface area contributed by atoms with Gasteiger partial charge in [-0.1, -0.05) is 6.07 Å². The predicted molar refractivity (Wildman–Crippen MR) is 98.3 cm³/mol. The lowest BCUT2D eigenvalue weighted by molar-refractivity contribution is 0.0952. The molecule has 2 aromatic rings. The average molecular weight is 345 g/mol. The number of anilines is 1. The van der Waals surface area contributed by atoms with Crippen LogP contribution in [0, 0.1) is 0 Å². The topological polar surface area (TPSA) is 44.8 Å². The van der Waals surface area contributed by atoms with Gasteiger partial charge in [-0.2, -0.15) is 0 Å². The molecule has 0 saturated carbocycles. The largest absolute Gasteiger partial charge is 0.497 e. The van der Waals surface area contributed by atoms with E-state index in [1.807, 2.05) is 29.6 Å². The highest BCUT2D eigenvalue weighted by Gasteiger charge is 2.17. The van der Waals surface area contributed by atoms with Gasteiger partial charge in [0.1, 0.15) is 5.75 Å². The number of rotatable bonds is 6. The van der Waals surface area contributed by atoms with Crippen LogP contribution in [0.1, 0.15) is 9.67 Å². The Hall–Kier alpha value is -2.05. The highest BCUT2D eigenvalue weighted by atomic mass is 32.1. The van der Waals surface area contributed by atoms with E-state index in [4.69, 9.17) is 4.74 Å². The highest BCUT2D eigenvalue weighted by molar-refractivity contribution is 7.12. The van der Waals surface area contributed by atoms with Crippen molar-refractivity contribution in [3.05, 3.63) is 46.7 Å². The standard InChI is InChI=1S/C18H23N3O2S/c1-23-16-6-4-15(5-7-16)21-12-10-20(11-13-21)9-8-19-18(22)17-3-2-14-24-17/h2-7,14H,8-13H2,1H3,(H,19,22).